The van der Waals surface area contributed by atoms with E-state index < -0.39 is 17.5 Å². The Morgan fingerprint density at radius 1 is 1.19 bits per heavy atom. The maximum absolute atomic E-state index is 11.6. The Kier molecular flexibility index (Phi) is 8.76. The zero-order valence-electron chi connectivity index (χ0n) is 20.8. The predicted octanol–water partition coefficient (Wildman–Crippen LogP) is 4.30. The SMILES string of the molecule is Cc1c(Oc2ccc(CC3COS(=O)OC3)cc2)ncnc1O[C@H]1CCN(C(=O)O)[C@H](CC(C)C)C1. The molecule has 1 aromatic heterocycles. The maximum atomic E-state index is 11.6. The van der Waals surface area contributed by atoms with Gasteiger partial charge in [0.2, 0.25) is 11.8 Å². The molecule has 2 aromatic rings. The summed E-state index contributed by atoms with van der Waals surface area (Å²) in [5.74, 6) is 2.03. The van der Waals surface area contributed by atoms with Crippen LogP contribution in [0.3, 0.4) is 0 Å². The van der Waals surface area contributed by atoms with Gasteiger partial charge in [0, 0.05) is 31.3 Å². The molecule has 1 amide bonds. The van der Waals surface area contributed by atoms with E-state index in [1.165, 1.54) is 11.2 Å². The highest BCUT2D eigenvalue weighted by Crippen LogP contribution is 2.31. The van der Waals surface area contributed by atoms with Crippen molar-refractivity contribution in [3.8, 4) is 17.5 Å². The van der Waals surface area contributed by atoms with E-state index in [1.807, 2.05) is 31.2 Å². The highest BCUT2D eigenvalue weighted by atomic mass is 32.2. The number of amides is 1. The van der Waals surface area contributed by atoms with Crippen molar-refractivity contribution in [1.82, 2.24) is 14.9 Å². The molecule has 2 fully saturated rings. The highest BCUT2D eigenvalue weighted by Gasteiger charge is 2.33. The molecule has 10 nitrogen and oxygen atoms in total. The minimum Gasteiger partial charge on any atom is -0.474 e. The molecular weight excluding hydrogens is 486 g/mol. The van der Waals surface area contributed by atoms with Crippen LogP contribution in [0.1, 0.15) is 44.2 Å². The van der Waals surface area contributed by atoms with E-state index in [9.17, 15) is 14.1 Å². The van der Waals surface area contributed by atoms with Crippen LogP contribution in [0.15, 0.2) is 30.6 Å². The summed E-state index contributed by atoms with van der Waals surface area (Å²) in [6.07, 6.45) is 3.18. The van der Waals surface area contributed by atoms with Crippen LogP contribution in [-0.2, 0) is 26.1 Å². The number of aromatic nitrogens is 2. The number of nitrogens with zero attached hydrogens (tertiary/aromatic N) is 3. The summed E-state index contributed by atoms with van der Waals surface area (Å²) < 4.78 is 33.5. The van der Waals surface area contributed by atoms with E-state index in [0.29, 0.717) is 61.6 Å². The first-order valence-corrected chi connectivity index (χ1v) is 13.2. The van der Waals surface area contributed by atoms with Gasteiger partial charge in [-0.15, -0.1) is 0 Å². The van der Waals surface area contributed by atoms with Crippen LogP contribution in [0.2, 0.25) is 0 Å². The van der Waals surface area contributed by atoms with Gasteiger partial charge in [0.15, 0.2) is 0 Å². The van der Waals surface area contributed by atoms with Crippen molar-refractivity contribution >= 4 is 17.5 Å². The number of carboxylic acid groups (broad SMARTS) is 1. The van der Waals surface area contributed by atoms with E-state index in [1.54, 1.807) is 0 Å². The molecule has 0 radical (unpaired) electrons. The zero-order valence-corrected chi connectivity index (χ0v) is 21.6. The molecule has 3 heterocycles. The molecular formula is C25H33N3O7S. The van der Waals surface area contributed by atoms with Crippen molar-refractivity contribution in [2.24, 2.45) is 11.8 Å². The number of rotatable bonds is 8. The average molecular weight is 520 g/mol. The first-order chi connectivity index (χ1) is 17.3. The average Bonchev–Trinajstić information content (AvgIpc) is 2.84. The Balaban J connectivity index is 1.37. The van der Waals surface area contributed by atoms with Gasteiger partial charge < -0.3 is 19.5 Å². The van der Waals surface area contributed by atoms with Gasteiger partial charge in [0.05, 0.1) is 18.8 Å². The fourth-order valence-electron chi connectivity index (χ4n) is 4.58. The normalized spacial score (nSPS) is 24.5. The van der Waals surface area contributed by atoms with Gasteiger partial charge in [0.1, 0.15) is 18.2 Å². The van der Waals surface area contributed by atoms with Gasteiger partial charge in [-0.3, -0.25) is 8.37 Å². The smallest absolute Gasteiger partial charge is 0.407 e. The molecule has 2 aliphatic rings. The van der Waals surface area contributed by atoms with Gasteiger partial charge in [-0.1, -0.05) is 26.0 Å². The second-order valence-corrected chi connectivity index (χ2v) is 10.6. The summed E-state index contributed by atoms with van der Waals surface area (Å²) in [5.41, 5.74) is 1.78. The molecule has 0 unspecified atom stereocenters. The molecule has 0 aliphatic carbocycles. The lowest BCUT2D eigenvalue weighted by Crippen LogP contribution is -2.48. The Labute approximate surface area is 213 Å². The fourth-order valence-corrected chi connectivity index (χ4v) is 5.26. The molecule has 0 bridgehead atoms. The number of carbonyl (C=O) groups is 1. The lowest BCUT2D eigenvalue weighted by atomic mass is 9.92. The van der Waals surface area contributed by atoms with Crippen molar-refractivity contribution in [2.45, 2.75) is 58.6 Å². The summed E-state index contributed by atoms with van der Waals surface area (Å²) in [6.45, 7) is 7.29. The summed E-state index contributed by atoms with van der Waals surface area (Å²) in [7, 11) is 0. The molecule has 11 heteroatoms. The quantitative estimate of drug-likeness (QED) is 0.544. The van der Waals surface area contributed by atoms with Crippen LogP contribution in [0, 0.1) is 18.8 Å². The summed E-state index contributed by atoms with van der Waals surface area (Å²) >= 11 is -1.63. The summed E-state index contributed by atoms with van der Waals surface area (Å²) in [5, 5.41) is 9.55. The molecule has 2 atom stereocenters. The first kappa shape index (κ1) is 26.3. The van der Waals surface area contributed by atoms with Crippen molar-refractivity contribution < 1.29 is 31.9 Å². The monoisotopic (exact) mass is 519 g/mol. The Hall–Kier alpha value is -2.76. The number of ether oxygens (including phenoxy) is 2. The van der Waals surface area contributed by atoms with Gasteiger partial charge in [-0.2, -0.15) is 4.21 Å². The van der Waals surface area contributed by atoms with Crippen molar-refractivity contribution in [2.75, 3.05) is 19.8 Å². The molecule has 2 saturated heterocycles. The molecule has 2 aliphatic heterocycles. The van der Waals surface area contributed by atoms with Crippen molar-refractivity contribution in [3.05, 3.63) is 41.7 Å². The second-order valence-electron chi connectivity index (χ2n) is 9.72. The zero-order chi connectivity index (χ0) is 25.7. The summed E-state index contributed by atoms with van der Waals surface area (Å²) in [4.78, 5) is 21.8. The first-order valence-electron chi connectivity index (χ1n) is 12.2. The van der Waals surface area contributed by atoms with Crippen LogP contribution in [0.5, 0.6) is 17.5 Å². The topological polar surface area (TPSA) is 120 Å². The minimum absolute atomic E-state index is 0.0773. The number of hydrogen-bond donors (Lipinski definition) is 1. The molecule has 36 heavy (non-hydrogen) atoms. The molecule has 0 spiro atoms. The second kappa shape index (κ2) is 12.0. The third-order valence-electron chi connectivity index (χ3n) is 6.39. The van der Waals surface area contributed by atoms with Crippen LogP contribution >= 0.6 is 0 Å². The minimum atomic E-state index is -1.63. The predicted molar refractivity (Wildman–Crippen MR) is 132 cm³/mol. The molecule has 1 aromatic carbocycles. The van der Waals surface area contributed by atoms with E-state index in [-0.39, 0.29) is 18.1 Å². The number of piperidine rings is 1. The standard InChI is InChI=1S/C25H33N3O7S/c1-16(2)10-20-12-22(8-9-28(20)25(29)30)35-24-17(3)23(26-15-27-24)34-21-6-4-18(5-7-21)11-19-13-32-36(31)33-14-19/h4-7,15-16,19-20,22H,8-14H2,1-3H3,(H,29,30)/t19?,20-,22+,36?/m1/s1. The van der Waals surface area contributed by atoms with Crippen LogP contribution < -0.4 is 9.47 Å². The number of hydrogen-bond acceptors (Lipinski definition) is 8. The van der Waals surface area contributed by atoms with Crippen molar-refractivity contribution in [3.63, 3.8) is 0 Å². The van der Waals surface area contributed by atoms with Crippen LogP contribution in [0.25, 0.3) is 0 Å². The number of likely N-dealkylation sites (tertiary alicyclic amines) is 1. The molecule has 0 saturated carbocycles. The third kappa shape index (κ3) is 6.92. The Morgan fingerprint density at radius 3 is 2.56 bits per heavy atom. The number of benzene rings is 1. The molecule has 4 rings (SSSR count). The largest absolute Gasteiger partial charge is 0.474 e. The van der Waals surface area contributed by atoms with E-state index in [4.69, 9.17) is 17.8 Å². The highest BCUT2D eigenvalue weighted by molar-refractivity contribution is 7.75. The third-order valence-corrected chi connectivity index (χ3v) is 7.05. The van der Waals surface area contributed by atoms with Gasteiger partial charge in [0.25, 0.3) is 0 Å². The lowest BCUT2D eigenvalue weighted by molar-refractivity contribution is 0.0450. The van der Waals surface area contributed by atoms with E-state index in [0.717, 1.165) is 18.4 Å². The lowest BCUT2D eigenvalue weighted by Gasteiger charge is -2.38. The van der Waals surface area contributed by atoms with E-state index >= 15 is 0 Å². The molecule has 1 N–H and O–H groups in total. The van der Waals surface area contributed by atoms with E-state index in [2.05, 4.69) is 23.8 Å². The fraction of sp³-hybridized carbons (Fsp3) is 0.560. The Morgan fingerprint density at radius 2 is 1.89 bits per heavy atom. The summed E-state index contributed by atoms with van der Waals surface area (Å²) in [6, 6.07) is 7.61. The van der Waals surface area contributed by atoms with Crippen molar-refractivity contribution in [1.29, 1.82) is 0 Å². The van der Waals surface area contributed by atoms with Gasteiger partial charge in [-0.25, -0.2) is 14.8 Å². The maximum Gasteiger partial charge on any atom is 0.407 e. The van der Waals surface area contributed by atoms with Crippen LogP contribution in [0.4, 0.5) is 4.79 Å². The van der Waals surface area contributed by atoms with Crippen LogP contribution in [-0.4, -0.2) is 62.2 Å². The van der Waals surface area contributed by atoms with Gasteiger partial charge >= 0.3 is 17.5 Å². The Bertz CT molecular complexity index is 1060. The van der Waals surface area contributed by atoms with Gasteiger partial charge in [-0.05, 0) is 43.4 Å². The molecule has 196 valence electrons.